The molecular weight excluding hydrogens is 361 g/mol. The Balaban J connectivity index is 1.78. The number of alkyl halides is 3. The van der Waals surface area contributed by atoms with Crippen molar-refractivity contribution >= 4 is 5.91 Å². The largest absolute Gasteiger partial charge is 0.418 e. The van der Waals surface area contributed by atoms with Crippen molar-refractivity contribution in [3.63, 3.8) is 0 Å². The fraction of sp³-hybridized carbons (Fsp3) is 0.235. The number of amides is 1. The lowest BCUT2D eigenvalue weighted by atomic mass is 10.1. The number of rotatable bonds is 4. The van der Waals surface area contributed by atoms with Gasteiger partial charge in [0.15, 0.2) is 5.69 Å². The second-order valence-electron chi connectivity index (χ2n) is 5.83. The topological polar surface area (TPSA) is 85.6 Å². The summed E-state index contributed by atoms with van der Waals surface area (Å²) in [5, 5.41) is 17.7. The van der Waals surface area contributed by atoms with Gasteiger partial charge in [-0.25, -0.2) is 4.68 Å². The van der Waals surface area contributed by atoms with Crippen molar-refractivity contribution in [3.05, 3.63) is 64.7 Å². The van der Waals surface area contributed by atoms with E-state index in [0.717, 1.165) is 33.8 Å². The van der Waals surface area contributed by atoms with E-state index in [9.17, 15) is 18.0 Å². The number of nitrogens with one attached hydrogen (secondary N) is 1. The lowest BCUT2D eigenvalue weighted by Crippen LogP contribution is -2.24. The molecule has 10 heteroatoms. The molecule has 7 nitrogen and oxygen atoms in total. The van der Waals surface area contributed by atoms with Crippen LogP contribution in [0, 0.1) is 13.8 Å². The van der Waals surface area contributed by atoms with Crippen molar-refractivity contribution in [2.75, 3.05) is 0 Å². The van der Waals surface area contributed by atoms with Gasteiger partial charge in [-0.3, -0.25) is 4.79 Å². The van der Waals surface area contributed by atoms with Gasteiger partial charge in [-0.15, -0.1) is 5.10 Å². The SMILES string of the molecule is Cc1nncc(CNC(=O)c2cn(-c3ccccc3C(F)(F)F)nn2)c1C. The molecule has 0 spiro atoms. The van der Waals surface area contributed by atoms with Crippen LogP contribution in [0.1, 0.15) is 32.9 Å². The summed E-state index contributed by atoms with van der Waals surface area (Å²) in [7, 11) is 0. The van der Waals surface area contributed by atoms with Crippen LogP contribution in [-0.4, -0.2) is 31.1 Å². The zero-order valence-corrected chi connectivity index (χ0v) is 14.4. The number of hydrogen-bond donors (Lipinski definition) is 1. The van der Waals surface area contributed by atoms with Gasteiger partial charge in [0.25, 0.3) is 5.91 Å². The first kappa shape index (κ1) is 18.5. The Morgan fingerprint density at radius 1 is 1.19 bits per heavy atom. The maximum absolute atomic E-state index is 13.1. The summed E-state index contributed by atoms with van der Waals surface area (Å²) in [6, 6.07) is 4.93. The normalized spacial score (nSPS) is 11.4. The summed E-state index contributed by atoms with van der Waals surface area (Å²) < 4.78 is 40.3. The number of benzene rings is 1. The van der Waals surface area contributed by atoms with Crippen LogP contribution in [0.5, 0.6) is 0 Å². The Labute approximate surface area is 152 Å². The number of aryl methyl sites for hydroxylation is 1. The number of carbonyl (C=O) groups is 1. The van der Waals surface area contributed by atoms with Gasteiger partial charge < -0.3 is 5.32 Å². The van der Waals surface area contributed by atoms with Gasteiger partial charge in [-0.1, -0.05) is 17.3 Å². The van der Waals surface area contributed by atoms with Gasteiger partial charge in [0, 0.05) is 6.54 Å². The molecule has 0 aliphatic rings. The van der Waals surface area contributed by atoms with Gasteiger partial charge in [0.2, 0.25) is 0 Å². The number of nitrogens with zero attached hydrogens (tertiary/aromatic N) is 5. The molecule has 0 fully saturated rings. The molecule has 140 valence electrons. The quantitative estimate of drug-likeness (QED) is 0.757. The highest BCUT2D eigenvalue weighted by molar-refractivity contribution is 5.91. The van der Waals surface area contributed by atoms with Gasteiger partial charge in [-0.2, -0.15) is 23.4 Å². The van der Waals surface area contributed by atoms with Crippen LogP contribution >= 0.6 is 0 Å². The van der Waals surface area contributed by atoms with Crippen LogP contribution in [-0.2, 0) is 12.7 Å². The average Bonchev–Trinajstić information content (AvgIpc) is 3.12. The van der Waals surface area contributed by atoms with Gasteiger partial charge >= 0.3 is 6.18 Å². The Kier molecular flexibility index (Phi) is 4.89. The molecule has 1 amide bonds. The molecule has 0 saturated carbocycles. The van der Waals surface area contributed by atoms with Crippen LogP contribution in [0.15, 0.2) is 36.7 Å². The zero-order chi connectivity index (χ0) is 19.6. The van der Waals surface area contributed by atoms with E-state index < -0.39 is 17.6 Å². The summed E-state index contributed by atoms with van der Waals surface area (Å²) in [6.45, 7) is 3.85. The fourth-order valence-electron chi connectivity index (χ4n) is 2.43. The molecule has 2 aromatic heterocycles. The summed E-state index contributed by atoms with van der Waals surface area (Å²) in [4.78, 5) is 12.3. The van der Waals surface area contributed by atoms with Gasteiger partial charge in [0.1, 0.15) is 0 Å². The number of hydrogen-bond acceptors (Lipinski definition) is 5. The van der Waals surface area contributed by atoms with Crippen molar-refractivity contribution < 1.29 is 18.0 Å². The van der Waals surface area contributed by atoms with Crippen molar-refractivity contribution in [1.82, 2.24) is 30.5 Å². The van der Waals surface area contributed by atoms with Crippen molar-refractivity contribution in [2.45, 2.75) is 26.6 Å². The summed E-state index contributed by atoms with van der Waals surface area (Å²) in [5.74, 6) is -0.556. The maximum atomic E-state index is 13.1. The zero-order valence-electron chi connectivity index (χ0n) is 14.4. The summed E-state index contributed by atoms with van der Waals surface area (Å²) in [6.07, 6.45) is -1.85. The van der Waals surface area contributed by atoms with E-state index in [0.29, 0.717) is 0 Å². The van der Waals surface area contributed by atoms with E-state index in [1.807, 2.05) is 6.92 Å². The summed E-state index contributed by atoms with van der Waals surface area (Å²) >= 11 is 0. The first-order valence-electron chi connectivity index (χ1n) is 7.92. The smallest absolute Gasteiger partial charge is 0.346 e. The molecule has 0 saturated heterocycles. The van der Waals surface area contributed by atoms with Gasteiger partial charge in [0.05, 0.1) is 29.3 Å². The highest BCUT2D eigenvalue weighted by Crippen LogP contribution is 2.33. The van der Waals surface area contributed by atoms with Crippen molar-refractivity contribution in [3.8, 4) is 5.69 Å². The molecule has 27 heavy (non-hydrogen) atoms. The third-order valence-corrected chi connectivity index (χ3v) is 4.07. The second-order valence-corrected chi connectivity index (χ2v) is 5.83. The van der Waals surface area contributed by atoms with E-state index >= 15 is 0 Å². The van der Waals surface area contributed by atoms with Crippen molar-refractivity contribution in [2.24, 2.45) is 0 Å². The first-order valence-corrected chi connectivity index (χ1v) is 7.92. The Morgan fingerprint density at radius 3 is 2.67 bits per heavy atom. The number of carbonyl (C=O) groups excluding carboxylic acids is 1. The molecule has 0 aliphatic heterocycles. The number of aromatic nitrogens is 5. The molecule has 3 aromatic rings. The molecular formula is C17H15F3N6O. The fourth-order valence-corrected chi connectivity index (χ4v) is 2.43. The van der Waals surface area contributed by atoms with Crippen LogP contribution in [0.2, 0.25) is 0 Å². The van der Waals surface area contributed by atoms with E-state index in [-0.39, 0.29) is 17.9 Å². The predicted molar refractivity (Wildman–Crippen MR) is 89.0 cm³/mol. The minimum Gasteiger partial charge on any atom is -0.346 e. The standard InChI is InChI=1S/C17H15F3N6O/c1-10-11(2)23-22-8-12(10)7-21-16(27)14-9-26(25-24-14)15-6-4-3-5-13(15)17(18,19)20/h3-6,8-9H,7H2,1-2H3,(H,21,27). The highest BCUT2D eigenvalue weighted by Gasteiger charge is 2.34. The van der Waals surface area contributed by atoms with Crippen LogP contribution in [0.3, 0.4) is 0 Å². The molecule has 3 rings (SSSR count). The third-order valence-electron chi connectivity index (χ3n) is 4.07. The molecule has 0 radical (unpaired) electrons. The molecule has 0 unspecified atom stereocenters. The molecule has 0 atom stereocenters. The predicted octanol–water partition coefficient (Wildman–Crippen LogP) is 2.62. The Hall–Kier alpha value is -3.30. The van der Waals surface area contributed by atoms with E-state index in [4.69, 9.17) is 0 Å². The lowest BCUT2D eigenvalue weighted by molar-refractivity contribution is -0.137. The first-order chi connectivity index (χ1) is 12.8. The van der Waals surface area contributed by atoms with E-state index in [1.54, 1.807) is 13.1 Å². The molecule has 0 aliphatic carbocycles. The second kappa shape index (κ2) is 7.14. The molecule has 2 heterocycles. The number of para-hydroxylation sites is 1. The van der Waals surface area contributed by atoms with E-state index in [2.05, 4.69) is 25.8 Å². The lowest BCUT2D eigenvalue weighted by Gasteiger charge is -2.11. The summed E-state index contributed by atoms with van der Waals surface area (Å²) in [5.41, 5.74) is 1.26. The number of halogens is 3. The molecule has 0 bridgehead atoms. The maximum Gasteiger partial charge on any atom is 0.418 e. The monoisotopic (exact) mass is 376 g/mol. The highest BCUT2D eigenvalue weighted by atomic mass is 19.4. The Morgan fingerprint density at radius 2 is 1.93 bits per heavy atom. The molecule has 1 aromatic carbocycles. The minimum absolute atomic E-state index is 0.0941. The minimum atomic E-state index is -4.55. The van der Waals surface area contributed by atoms with Gasteiger partial charge in [-0.05, 0) is 37.1 Å². The van der Waals surface area contributed by atoms with Crippen LogP contribution < -0.4 is 5.32 Å². The average molecular weight is 376 g/mol. The third kappa shape index (κ3) is 3.94. The van der Waals surface area contributed by atoms with Crippen LogP contribution in [0.4, 0.5) is 13.2 Å². The Bertz CT molecular complexity index is 983. The van der Waals surface area contributed by atoms with E-state index in [1.165, 1.54) is 18.2 Å². The van der Waals surface area contributed by atoms with Crippen molar-refractivity contribution in [1.29, 1.82) is 0 Å². The molecule has 1 N–H and O–H groups in total. The van der Waals surface area contributed by atoms with Crippen LogP contribution in [0.25, 0.3) is 5.69 Å².